The lowest BCUT2D eigenvalue weighted by Gasteiger charge is -2.15. The highest BCUT2D eigenvalue weighted by Gasteiger charge is 2.13. The molecule has 0 radical (unpaired) electrons. The number of benzene rings is 2. The van der Waals surface area contributed by atoms with Gasteiger partial charge in [0.15, 0.2) is 0 Å². The van der Waals surface area contributed by atoms with Crippen molar-refractivity contribution in [3.63, 3.8) is 0 Å². The zero-order valence-corrected chi connectivity index (χ0v) is 14.5. The molecular weight excluding hydrogens is 384 g/mol. The first-order valence-corrected chi connectivity index (χ1v) is 7.86. The van der Waals surface area contributed by atoms with Crippen molar-refractivity contribution >= 4 is 31.9 Å². The molecule has 0 spiro atoms. The number of rotatable bonds is 4. The maximum atomic E-state index is 10.4. The topological polar surface area (TPSA) is 29.5 Å². The molecule has 2 aromatic rings. The number of aryl methyl sites for hydroxylation is 1. The highest BCUT2D eigenvalue weighted by Crippen LogP contribution is 2.29. The van der Waals surface area contributed by atoms with E-state index < -0.39 is 6.10 Å². The summed E-state index contributed by atoms with van der Waals surface area (Å²) in [7, 11) is 1.64. The second-order valence-electron chi connectivity index (χ2n) is 4.68. The minimum Gasteiger partial charge on any atom is -0.496 e. The van der Waals surface area contributed by atoms with Crippen LogP contribution in [0.5, 0.6) is 5.75 Å². The van der Waals surface area contributed by atoms with Gasteiger partial charge in [-0.3, -0.25) is 0 Å². The number of aliphatic hydroxyl groups excluding tert-OH is 1. The van der Waals surface area contributed by atoms with E-state index in [-0.39, 0.29) is 0 Å². The fraction of sp³-hybridized carbons (Fsp3) is 0.250. The molecule has 1 atom stereocenters. The highest BCUT2D eigenvalue weighted by atomic mass is 79.9. The molecule has 1 unspecified atom stereocenters. The highest BCUT2D eigenvalue weighted by molar-refractivity contribution is 9.10. The van der Waals surface area contributed by atoms with Crippen LogP contribution in [0.4, 0.5) is 0 Å². The quantitative estimate of drug-likeness (QED) is 0.799. The summed E-state index contributed by atoms with van der Waals surface area (Å²) >= 11 is 6.92. The summed E-state index contributed by atoms with van der Waals surface area (Å²) < 4.78 is 7.37. The Balaban J connectivity index is 2.24. The largest absolute Gasteiger partial charge is 0.496 e. The third-order valence-electron chi connectivity index (χ3n) is 3.22. The van der Waals surface area contributed by atoms with Crippen LogP contribution in [0, 0.1) is 6.92 Å². The van der Waals surface area contributed by atoms with Gasteiger partial charge in [-0.25, -0.2) is 0 Å². The molecule has 0 bridgehead atoms. The predicted octanol–water partition coefficient (Wildman–Crippen LogP) is 4.80. The van der Waals surface area contributed by atoms with Crippen molar-refractivity contribution in [2.75, 3.05) is 7.11 Å². The lowest BCUT2D eigenvalue weighted by atomic mass is 9.99. The average Bonchev–Trinajstić information content (AvgIpc) is 2.42. The summed E-state index contributed by atoms with van der Waals surface area (Å²) in [6.45, 7) is 2.01. The van der Waals surface area contributed by atoms with Gasteiger partial charge in [-0.2, -0.15) is 0 Å². The molecule has 0 aliphatic carbocycles. The van der Waals surface area contributed by atoms with E-state index in [9.17, 15) is 5.11 Å². The van der Waals surface area contributed by atoms with E-state index in [1.165, 1.54) is 0 Å². The van der Waals surface area contributed by atoms with E-state index in [0.29, 0.717) is 6.42 Å². The van der Waals surface area contributed by atoms with Crippen LogP contribution in [0.25, 0.3) is 0 Å². The fourth-order valence-electron chi connectivity index (χ4n) is 2.11. The molecule has 106 valence electrons. The third-order valence-corrected chi connectivity index (χ3v) is 4.61. The Morgan fingerprint density at radius 2 is 1.90 bits per heavy atom. The molecule has 0 fully saturated rings. The third kappa shape index (κ3) is 3.62. The van der Waals surface area contributed by atoms with Crippen LogP contribution in [0.2, 0.25) is 0 Å². The van der Waals surface area contributed by atoms with Crippen LogP contribution < -0.4 is 4.74 Å². The fourth-order valence-corrected chi connectivity index (χ4v) is 2.76. The molecule has 2 aromatic carbocycles. The van der Waals surface area contributed by atoms with Crippen LogP contribution in [-0.2, 0) is 6.42 Å². The van der Waals surface area contributed by atoms with Crippen molar-refractivity contribution < 1.29 is 9.84 Å². The maximum Gasteiger partial charge on any atom is 0.122 e. The monoisotopic (exact) mass is 398 g/mol. The maximum absolute atomic E-state index is 10.4. The van der Waals surface area contributed by atoms with Gasteiger partial charge in [0, 0.05) is 15.4 Å². The molecule has 0 saturated carbocycles. The molecule has 0 heterocycles. The second-order valence-corrected chi connectivity index (χ2v) is 6.45. The van der Waals surface area contributed by atoms with Gasteiger partial charge in [0.25, 0.3) is 0 Å². The van der Waals surface area contributed by atoms with Crippen molar-refractivity contribution in [2.45, 2.75) is 19.4 Å². The van der Waals surface area contributed by atoms with Crippen molar-refractivity contribution in [3.05, 3.63) is 62.0 Å². The first-order chi connectivity index (χ1) is 9.51. The summed E-state index contributed by atoms with van der Waals surface area (Å²) in [5.41, 5.74) is 3.01. The SMILES string of the molecule is COc1ccc(Br)cc1CC(O)c1ccc(Br)c(C)c1. The molecule has 1 N–H and O–H groups in total. The van der Waals surface area contributed by atoms with Gasteiger partial charge in [0.2, 0.25) is 0 Å². The first kappa shape index (κ1) is 15.5. The molecular formula is C16H16Br2O2. The Labute approximate surface area is 136 Å². The van der Waals surface area contributed by atoms with Gasteiger partial charge >= 0.3 is 0 Å². The number of hydrogen-bond acceptors (Lipinski definition) is 2. The minimum atomic E-state index is -0.551. The summed E-state index contributed by atoms with van der Waals surface area (Å²) in [4.78, 5) is 0. The van der Waals surface area contributed by atoms with Gasteiger partial charge in [-0.05, 0) is 47.9 Å². The Kier molecular flexibility index (Phi) is 5.24. The smallest absolute Gasteiger partial charge is 0.122 e. The van der Waals surface area contributed by atoms with E-state index in [4.69, 9.17) is 4.74 Å². The Bertz CT molecular complexity index is 611. The molecule has 0 amide bonds. The molecule has 4 heteroatoms. The number of halogens is 2. The summed E-state index contributed by atoms with van der Waals surface area (Å²) in [5.74, 6) is 0.793. The van der Waals surface area contributed by atoms with E-state index in [0.717, 1.165) is 31.4 Å². The Hall–Kier alpha value is -0.840. The number of ether oxygens (including phenoxy) is 1. The Morgan fingerprint density at radius 3 is 2.55 bits per heavy atom. The lowest BCUT2D eigenvalue weighted by Crippen LogP contribution is -2.04. The summed E-state index contributed by atoms with van der Waals surface area (Å²) in [5, 5.41) is 10.4. The molecule has 20 heavy (non-hydrogen) atoms. The Morgan fingerprint density at radius 1 is 1.15 bits per heavy atom. The normalized spacial score (nSPS) is 12.2. The minimum absolute atomic E-state index is 0.518. The van der Waals surface area contributed by atoms with Crippen molar-refractivity contribution in [1.29, 1.82) is 0 Å². The van der Waals surface area contributed by atoms with Crippen molar-refractivity contribution in [3.8, 4) is 5.75 Å². The zero-order valence-electron chi connectivity index (χ0n) is 11.4. The summed E-state index contributed by atoms with van der Waals surface area (Å²) in [6.07, 6.45) is -0.0334. The number of aliphatic hydroxyl groups is 1. The van der Waals surface area contributed by atoms with Crippen molar-refractivity contribution in [1.82, 2.24) is 0 Å². The van der Waals surface area contributed by atoms with Crippen LogP contribution in [-0.4, -0.2) is 12.2 Å². The number of methoxy groups -OCH3 is 1. The van der Waals surface area contributed by atoms with E-state index >= 15 is 0 Å². The molecule has 2 rings (SSSR count). The van der Waals surface area contributed by atoms with E-state index in [2.05, 4.69) is 31.9 Å². The zero-order chi connectivity index (χ0) is 14.7. The van der Waals surface area contributed by atoms with Gasteiger partial charge < -0.3 is 9.84 Å². The van der Waals surface area contributed by atoms with Crippen LogP contribution >= 0.6 is 31.9 Å². The van der Waals surface area contributed by atoms with Gasteiger partial charge in [-0.1, -0.05) is 44.0 Å². The molecule has 0 aliphatic rings. The average molecular weight is 400 g/mol. The second kappa shape index (κ2) is 6.74. The van der Waals surface area contributed by atoms with Crippen LogP contribution in [0.3, 0.4) is 0 Å². The lowest BCUT2D eigenvalue weighted by molar-refractivity contribution is 0.177. The van der Waals surface area contributed by atoms with E-state index in [1.807, 2.05) is 43.3 Å². The van der Waals surface area contributed by atoms with Gasteiger partial charge in [0.1, 0.15) is 5.75 Å². The van der Waals surface area contributed by atoms with Crippen LogP contribution in [0.1, 0.15) is 22.8 Å². The number of hydrogen-bond donors (Lipinski definition) is 1. The van der Waals surface area contributed by atoms with Crippen LogP contribution in [0.15, 0.2) is 45.3 Å². The standard InChI is InChI=1S/C16H16Br2O2/c1-10-7-11(3-5-14(10)18)15(19)9-12-8-13(17)4-6-16(12)20-2/h3-8,15,19H,9H2,1-2H3. The van der Waals surface area contributed by atoms with Crippen molar-refractivity contribution in [2.24, 2.45) is 0 Å². The van der Waals surface area contributed by atoms with Gasteiger partial charge in [0.05, 0.1) is 13.2 Å². The molecule has 0 aromatic heterocycles. The predicted molar refractivity (Wildman–Crippen MR) is 88.2 cm³/mol. The molecule has 2 nitrogen and oxygen atoms in total. The van der Waals surface area contributed by atoms with Gasteiger partial charge in [-0.15, -0.1) is 0 Å². The summed E-state index contributed by atoms with van der Waals surface area (Å²) in [6, 6.07) is 11.7. The molecule has 0 saturated heterocycles. The molecule has 0 aliphatic heterocycles. The van der Waals surface area contributed by atoms with E-state index in [1.54, 1.807) is 7.11 Å². The first-order valence-electron chi connectivity index (χ1n) is 6.28.